The minimum Gasteiger partial charge on any atom is -0.481 e. The van der Waals surface area contributed by atoms with Crippen molar-refractivity contribution in [3.8, 4) is 0 Å². The molecule has 0 aromatic heterocycles. The SMILES string of the molecule is O=C(O)[C@@H]1C=CC[C@H](O)C1. The van der Waals surface area contributed by atoms with Crippen LogP contribution in [0.1, 0.15) is 12.8 Å². The van der Waals surface area contributed by atoms with Crippen molar-refractivity contribution in [1.29, 1.82) is 0 Å². The Labute approximate surface area is 59.0 Å². The molecule has 0 bridgehead atoms. The molecule has 0 amide bonds. The minimum absolute atomic E-state index is 0.353. The predicted octanol–water partition coefficient (Wildman–Crippen LogP) is 0.398. The van der Waals surface area contributed by atoms with Crippen molar-refractivity contribution in [3.05, 3.63) is 12.2 Å². The summed E-state index contributed by atoms with van der Waals surface area (Å²) in [7, 11) is 0. The zero-order valence-electron chi connectivity index (χ0n) is 5.53. The van der Waals surface area contributed by atoms with E-state index >= 15 is 0 Å². The van der Waals surface area contributed by atoms with Crippen LogP contribution < -0.4 is 0 Å². The molecule has 0 saturated carbocycles. The molecule has 0 aliphatic heterocycles. The maximum atomic E-state index is 10.3. The Hall–Kier alpha value is -0.830. The first-order chi connectivity index (χ1) is 4.70. The molecule has 2 atom stereocenters. The number of carbonyl (C=O) groups is 1. The maximum Gasteiger partial charge on any atom is 0.310 e. The summed E-state index contributed by atoms with van der Waals surface area (Å²) in [6.07, 6.45) is 3.82. The Balaban J connectivity index is 2.55. The Morgan fingerprint density at radius 1 is 1.60 bits per heavy atom. The third kappa shape index (κ3) is 1.57. The van der Waals surface area contributed by atoms with Crippen LogP contribution in [0.2, 0.25) is 0 Å². The first-order valence-electron chi connectivity index (χ1n) is 3.27. The van der Waals surface area contributed by atoms with Crippen LogP contribution in [-0.4, -0.2) is 22.3 Å². The monoisotopic (exact) mass is 142 g/mol. The number of hydrogen-bond donors (Lipinski definition) is 2. The first kappa shape index (κ1) is 7.28. The lowest BCUT2D eigenvalue weighted by Gasteiger charge is -2.16. The van der Waals surface area contributed by atoms with E-state index in [2.05, 4.69) is 0 Å². The molecular formula is C7H10O3. The second kappa shape index (κ2) is 2.84. The third-order valence-corrected chi connectivity index (χ3v) is 1.62. The van der Waals surface area contributed by atoms with E-state index in [0.717, 1.165) is 0 Å². The average molecular weight is 142 g/mol. The van der Waals surface area contributed by atoms with Gasteiger partial charge in [-0.25, -0.2) is 0 Å². The van der Waals surface area contributed by atoms with Gasteiger partial charge in [-0.1, -0.05) is 12.2 Å². The van der Waals surface area contributed by atoms with Crippen molar-refractivity contribution in [2.45, 2.75) is 18.9 Å². The Bertz CT molecular complexity index is 162. The van der Waals surface area contributed by atoms with Crippen molar-refractivity contribution in [2.24, 2.45) is 5.92 Å². The van der Waals surface area contributed by atoms with E-state index in [-0.39, 0.29) is 0 Å². The smallest absolute Gasteiger partial charge is 0.310 e. The van der Waals surface area contributed by atoms with Gasteiger partial charge in [0, 0.05) is 0 Å². The number of aliphatic hydroxyl groups excluding tert-OH is 1. The highest BCUT2D eigenvalue weighted by Crippen LogP contribution is 2.17. The van der Waals surface area contributed by atoms with Crippen LogP contribution in [0.3, 0.4) is 0 Å². The Morgan fingerprint density at radius 2 is 2.30 bits per heavy atom. The minimum atomic E-state index is -0.852. The first-order valence-corrected chi connectivity index (χ1v) is 3.27. The standard InChI is InChI=1S/C7H10O3/c8-6-3-1-2-5(4-6)7(9)10/h1-2,5-6,8H,3-4H2,(H,9,10)/t5-,6+/m1/s1. The highest BCUT2D eigenvalue weighted by Gasteiger charge is 2.20. The fourth-order valence-corrected chi connectivity index (χ4v) is 1.05. The molecule has 0 spiro atoms. The van der Waals surface area contributed by atoms with Crippen molar-refractivity contribution < 1.29 is 15.0 Å². The molecule has 0 aromatic rings. The second-order valence-corrected chi connectivity index (χ2v) is 2.50. The highest BCUT2D eigenvalue weighted by atomic mass is 16.4. The van der Waals surface area contributed by atoms with Gasteiger partial charge in [-0.2, -0.15) is 0 Å². The van der Waals surface area contributed by atoms with E-state index in [0.29, 0.717) is 12.8 Å². The fourth-order valence-electron chi connectivity index (χ4n) is 1.05. The van der Waals surface area contributed by atoms with Gasteiger partial charge in [0.1, 0.15) is 0 Å². The summed E-state index contributed by atoms with van der Waals surface area (Å²) in [6.45, 7) is 0. The highest BCUT2D eigenvalue weighted by molar-refractivity contribution is 5.72. The van der Waals surface area contributed by atoms with Gasteiger partial charge in [0.15, 0.2) is 0 Å². The van der Waals surface area contributed by atoms with Crippen LogP contribution in [0.5, 0.6) is 0 Å². The fraction of sp³-hybridized carbons (Fsp3) is 0.571. The number of aliphatic hydroxyl groups is 1. The molecule has 3 heteroatoms. The van der Waals surface area contributed by atoms with Gasteiger partial charge in [-0.15, -0.1) is 0 Å². The normalized spacial score (nSPS) is 32.1. The zero-order valence-corrected chi connectivity index (χ0v) is 5.53. The quantitative estimate of drug-likeness (QED) is 0.521. The Kier molecular flexibility index (Phi) is 2.06. The van der Waals surface area contributed by atoms with Gasteiger partial charge in [0.25, 0.3) is 0 Å². The van der Waals surface area contributed by atoms with Crippen molar-refractivity contribution >= 4 is 5.97 Å². The van der Waals surface area contributed by atoms with Gasteiger partial charge in [0.05, 0.1) is 12.0 Å². The molecule has 1 aliphatic carbocycles. The van der Waals surface area contributed by atoms with Crippen LogP contribution in [0.25, 0.3) is 0 Å². The van der Waals surface area contributed by atoms with E-state index in [9.17, 15) is 4.79 Å². The summed E-state index contributed by atoms with van der Waals surface area (Å²) < 4.78 is 0. The van der Waals surface area contributed by atoms with E-state index in [1.54, 1.807) is 12.2 Å². The van der Waals surface area contributed by atoms with Crippen LogP contribution in [0.4, 0.5) is 0 Å². The lowest BCUT2D eigenvalue weighted by molar-refractivity contribution is -0.141. The van der Waals surface area contributed by atoms with Crippen LogP contribution in [-0.2, 0) is 4.79 Å². The topological polar surface area (TPSA) is 57.5 Å². The molecule has 0 unspecified atom stereocenters. The van der Waals surface area contributed by atoms with Crippen molar-refractivity contribution in [3.63, 3.8) is 0 Å². The van der Waals surface area contributed by atoms with Gasteiger partial charge in [-0.05, 0) is 12.8 Å². The molecule has 0 aromatic carbocycles. The number of carboxylic acids is 1. The molecule has 56 valence electrons. The summed E-state index contributed by atoms with van der Waals surface area (Å²) in [6, 6.07) is 0. The maximum absolute atomic E-state index is 10.3. The van der Waals surface area contributed by atoms with Crippen molar-refractivity contribution in [1.82, 2.24) is 0 Å². The average Bonchev–Trinajstić information content (AvgIpc) is 1.88. The zero-order chi connectivity index (χ0) is 7.56. The largest absolute Gasteiger partial charge is 0.481 e. The van der Waals surface area contributed by atoms with E-state index in [4.69, 9.17) is 10.2 Å². The molecule has 0 radical (unpaired) electrons. The summed E-state index contributed by atoms with van der Waals surface area (Å²) in [5, 5.41) is 17.5. The van der Waals surface area contributed by atoms with Gasteiger partial charge in [0.2, 0.25) is 0 Å². The Morgan fingerprint density at radius 3 is 2.70 bits per heavy atom. The molecule has 0 saturated heterocycles. The molecule has 3 nitrogen and oxygen atoms in total. The summed E-state index contributed by atoms with van der Waals surface area (Å²) in [5.41, 5.74) is 0. The molecule has 1 aliphatic rings. The number of carboxylic acid groups (broad SMARTS) is 1. The number of hydrogen-bond acceptors (Lipinski definition) is 2. The van der Waals surface area contributed by atoms with Crippen LogP contribution in [0, 0.1) is 5.92 Å². The predicted molar refractivity (Wildman–Crippen MR) is 35.5 cm³/mol. The second-order valence-electron chi connectivity index (χ2n) is 2.50. The summed E-state index contributed by atoms with van der Waals surface area (Å²) in [4.78, 5) is 10.3. The lowest BCUT2D eigenvalue weighted by atomic mass is 9.94. The molecule has 0 heterocycles. The molecule has 1 rings (SSSR count). The molecule has 2 N–H and O–H groups in total. The van der Waals surface area contributed by atoms with Crippen LogP contribution >= 0.6 is 0 Å². The molecule has 10 heavy (non-hydrogen) atoms. The number of rotatable bonds is 1. The summed E-state index contributed by atoms with van der Waals surface area (Å²) in [5.74, 6) is -1.33. The van der Waals surface area contributed by atoms with E-state index in [1.165, 1.54) is 0 Å². The molecular weight excluding hydrogens is 132 g/mol. The molecule has 0 fully saturated rings. The van der Waals surface area contributed by atoms with E-state index in [1.807, 2.05) is 0 Å². The van der Waals surface area contributed by atoms with Crippen molar-refractivity contribution in [2.75, 3.05) is 0 Å². The van der Waals surface area contributed by atoms with E-state index < -0.39 is 18.0 Å². The van der Waals surface area contributed by atoms with Crippen LogP contribution in [0.15, 0.2) is 12.2 Å². The van der Waals surface area contributed by atoms with Gasteiger partial charge >= 0.3 is 5.97 Å². The number of aliphatic carboxylic acids is 1. The summed E-state index contributed by atoms with van der Waals surface area (Å²) >= 11 is 0. The third-order valence-electron chi connectivity index (χ3n) is 1.62. The van der Waals surface area contributed by atoms with Gasteiger partial charge in [-0.3, -0.25) is 4.79 Å². The van der Waals surface area contributed by atoms with Gasteiger partial charge < -0.3 is 10.2 Å². The lowest BCUT2D eigenvalue weighted by Crippen LogP contribution is -2.21.